The van der Waals surface area contributed by atoms with Crippen LogP contribution in [-0.4, -0.2) is 6.54 Å². The third-order valence-electron chi connectivity index (χ3n) is 2.19. The van der Waals surface area contributed by atoms with E-state index in [0.29, 0.717) is 6.54 Å². The maximum absolute atomic E-state index is 6.75. The zero-order valence-electron chi connectivity index (χ0n) is 8.31. The summed E-state index contributed by atoms with van der Waals surface area (Å²) in [6.45, 7) is 7.34. The molecule has 0 atom stereocenters. The molecular weight excluding hydrogens is 202 g/mol. The Morgan fingerprint density at radius 3 is 2.60 bits per heavy atom. The Morgan fingerprint density at radius 2 is 1.87 bits per heavy atom. The van der Waals surface area contributed by atoms with Crippen LogP contribution in [0.3, 0.4) is 0 Å². The van der Waals surface area contributed by atoms with Gasteiger partial charge in [-0.3, -0.25) is 0 Å². The Bertz CT molecular complexity index is 465. The third-order valence-corrected chi connectivity index (χ3v) is 3.38. The van der Waals surface area contributed by atoms with Crippen molar-refractivity contribution >= 4 is 11.3 Å². The number of hydrogen-bond acceptors (Lipinski definition) is 1. The van der Waals surface area contributed by atoms with Crippen LogP contribution in [0.2, 0.25) is 0 Å². The van der Waals surface area contributed by atoms with Crippen LogP contribution in [0.4, 0.5) is 0 Å². The van der Waals surface area contributed by atoms with E-state index in [2.05, 4.69) is 29.1 Å². The van der Waals surface area contributed by atoms with Crippen LogP contribution in [0.15, 0.2) is 42.5 Å². The molecule has 0 spiro atoms. The second-order valence-electron chi connectivity index (χ2n) is 3.26. The van der Waals surface area contributed by atoms with E-state index in [1.165, 1.54) is 15.3 Å². The summed E-state index contributed by atoms with van der Waals surface area (Å²) >= 11 is 1.78. The normalized spacial score (nSPS) is 9.80. The Balaban J connectivity index is 2.18. The van der Waals surface area contributed by atoms with Gasteiger partial charge in [0.25, 0.3) is 0 Å². The predicted octanol–water partition coefficient (Wildman–Crippen LogP) is 3.88. The van der Waals surface area contributed by atoms with Crippen LogP contribution in [0.5, 0.6) is 0 Å². The van der Waals surface area contributed by atoms with E-state index in [0.717, 1.165) is 6.42 Å². The summed E-state index contributed by atoms with van der Waals surface area (Å²) in [4.78, 5) is 5.95. The summed E-state index contributed by atoms with van der Waals surface area (Å²) in [6.07, 6.45) is 0.876. The molecule has 1 heterocycles. The van der Waals surface area contributed by atoms with Crippen molar-refractivity contribution in [2.24, 2.45) is 0 Å². The Kier molecular flexibility index (Phi) is 3.16. The number of rotatable bonds is 3. The Morgan fingerprint density at radius 1 is 1.07 bits per heavy atom. The Labute approximate surface area is 93.8 Å². The Hall–Kier alpha value is -1.59. The van der Waals surface area contributed by atoms with Gasteiger partial charge < -0.3 is 4.85 Å². The molecule has 2 aromatic rings. The molecule has 0 saturated carbocycles. The quantitative estimate of drug-likeness (QED) is 0.682. The van der Waals surface area contributed by atoms with E-state index in [4.69, 9.17) is 6.57 Å². The van der Waals surface area contributed by atoms with Gasteiger partial charge in [-0.25, -0.2) is 6.57 Å². The van der Waals surface area contributed by atoms with Crippen molar-refractivity contribution in [1.82, 2.24) is 0 Å². The molecule has 0 aliphatic heterocycles. The van der Waals surface area contributed by atoms with Gasteiger partial charge in [-0.05, 0) is 17.7 Å². The van der Waals surface area contributed by atoms with Crippen molar-refractivity contribution in [1.29, 1.82) is 0 Å². The minimum absolute atomic E-state index is 0.592. The molecule has 0 unspecified atom stereocenters. The zero-order valence-corrected chi connectivity index (χ0v) is 9.13. The lowest BCUT2D eigenvalue weighted by atomic mass is 10.2. The van der Waals surface area contributed by atoms with Gasteiger partial charge in [0.1, 0.15) is 0 Å². The molecule has 2 rings (SSSR count). The lowest BCUT2D eigenvalue weighted by Gasteiger charge is -1.94. The van der Waals surface area contributed by atoms with Crippen molar-refractivity contribution in [3.63, 3.8) is 0 Å². The molecule has 74 valence electrons. The van der Waals surface area contributed by atoms with E-state index in [9.17, 15) is 0 Å². The lowest BCUT2D eigenvalue weighted by molar-refractivity contribution is 1.11. The van der Waals surface area contributed by atoms with Gasteiger partial charge in [0.15, 0.2) is 0 Å². The van der Waals surface area contributed by atoms with Gasteiger partial charge in [0.05, 0.1) is 6.42 Å². The third kappa shape index (κ3) is 2.45. The summed E-state index contributed by atoms with van der Waals surface area (Å²) in [5, 5.41) is 0. The minimum Gasteiger partial charge on any atom is -0.317 e. The first kappa shape index (κ1) is 9.95. The number of hydrogen-bond donors (Lipinski definition) is 0. The fourth-order valence-corrected chi connectivity index (χ4v) is 2.44. The topological polar surface area (TPSA) is 4.36 Å². The van der Waals surface area contributed by atoms with Crippen LogP contribution < -0.4 is 0 Å². The molecule has 2 heteroatoms. The molecule has 1 aromatic carbocycles. The summed E-state index contributed by atoms with van der Waals surface area (Å²) in [5.74, 6) is 0. The number of nitrogens with zero attached hydrogens (tertiary/aromatic N) is 1. The highest BCUT2D eigenvalue weighted by Crippen LogP contribution is 2.27. The monoisotopic (exact) mass is 213 g/mol. The van der Waals surface area contributed by atoms with Gasteiger partial charge in [-0.2, -0.15) is 0 Å². The highest BCUT2D eigenvalue weighted by atomic mass is 32.1. The second kappa shape index (κ2) is 4.77. The van der Waals surface area contributed by atoms with Crippen molar-refractivity contribution < 1.29 is 0 Å². The van der Waals surface area contributed by atoms with Crippen LogP contribution >= 0.6 is 11.3 Å². The van der Waals surface area contributed by atoms with Gasteiger partial charge in [-0.1, -0.05) is 30.3 Å². The van der Waals surface area contributed by atoms with Crippen LogP contribution in [0, 0.1) is 6.57 Å². The van der Waals surface area contributed by atoms with Crippen LogP contribution in [0.25, 0.3) is 15.3 Å². The van der Waals surface area contributed by atoms with Crippen LogP contribution in [-0.2, 0) is 6.42 Å². The molecule has 0 N–H and O–H groups in total. The molecular formula is C13H11NS. The molecule has 0 fully saturated rings. The highest BCUT2D eigenvalue weighted by Gasteiger charge is 2.02. The molecule has 0 radical (unpaired) electrons. The standard InChI is InChI=1S/C13H11NS/c1-14-10-9-12-7-8-13(15-12)11-5-3-2-4-6-11/h2-8H,9-10H2. The van der Waals surface area contributed by atoms with E-state index in [-0.39, 0.29) is 0 Å². The van der Waals surface area contributed by atoms with Gasteiger partial charge in [-0.15, -0.1) is 11.3 Å². The average Bonchev–Trinajstić information content (AvgIpc) is 2.76. The first-order valence-corrected chi connectivity index (χ1v) is 5.69. The van der Waals surface area contributed by atoms with Crippen molar-refractivity contribution in [2.45, 2.75) is 6.42 Å². The smallest absolute Gasteiger partial charge is 0.219 e. The van der Waals surface area contributed by atoms with Crippen molar-refractivity contribution in [3.05, 3.63) is 58.8 Å². The summed E-state index contributed by atoms with van der Waals surface area (Å²) in [5.41, 5.74) is 1.26. The zero-order chi connectivity index (χ0) is 10.5. The maximum Gasteiger partial charge on any atom is 0.219 e. The van der Waals surface area contributed by atoms with Gasteiger partial charge in [0.2, 0.25) is 6.54 Å². The summed E-state index contributed by atoms with van der Waals surface area (Å²) in [6, 6.07) is 14.6. The fraction of sp³-hybridized carbons (Fsp3) is 0.154. The molecule has 0 amide bonds. The highest BCUT2D eigenvalue weighted by molar-refractivity contribution is 7.15. The van der Waals surface area contributed by atoms with Gasteiger partial charge >= 0.3 is 0 Å². The van der Waals surface area contributed by atoms with E-state index >= 15 is 0 Å². The molecule has 0 aliphatic rings. The molecule has 0 saturated heterocycles. The fourth-order valence-electron chi connectivity index (χ4n) is 1.44. The van der Waals surface area contributed by atoms with E-state index < -0.39 is 0 Å². The van der Waals surface area contributed by atoms with E-state index in [1.807, 2.05) is 18.2 Å². The molecule has 0 aliphatic carbocycles. The summed E-state index contributed by atoms with van der Waals surface area (Å²) < 4.78 is 0. The molecule has 0 bridgehead atoms. The second-order valence-corrected chi connectivity index (χ2v) is 4.43. The maximum atomic E-state index is 6.75. The number of benzene rings is 1. The molecule has 15 heavy (non-hydrogen) atoms. The van der Waals surface area contributed by atoms with Crippen molar-refractivity contribution in [3.8, 4) is 10.4 Å². The van der Waals surface area contributed by atoms with E-state index in [1.54, 1.807) is 11.3 Å². The lowest BCUT2D eigenvalue weighted by Crippen LogP contribution is -1.80. The largest absolute Gasteiger partial charge is 0.317 e. The average molecular weight is 213 g/mol. The SMILES string of the molecule is [C-]#[N+]CCc1ccc(-c2ccccc2)s1. The molecule has 1 nitrogen and oxygen atoms in total. The summed E-state index contributed by atoms with van der Waals surface area (Å²) in [7, 11) is 0. The van der Waals surface area contributed by atoms with Crippen molar-refractivity contribution in [2.75, 3.05) is 6.54 Å². The number of thiophene rings is 1. The van der Waals surface area contributed by atoms with Crippen LogP contribution in [0.1, 0.15) is 4.88 Å². The first-order chi connectivity index (χ1) is 7.40. The minimum atomic E-state index is 0.592. The first-order valence-electron chi connectivity index (χ1n) is 4.87. The molecule has 1 aromatic heterocycles. The van der Waals surface area contributed by atoms with Gasteiger partial charge in [0, 0.05) is 9.75 Å². The predicted molar refractivity (Wildman–Crippen MR) is 64.9 cm³/mol.